The number of carbonyl (C=O) groups excluding carboxylic acids is 1. The maximum atomic E-state index is 12.6. The van der Waals surface area contributed by atoms with Gasteiger partial charge in [0.2, 0.25) is 15.9 Å². The van der Waals surface area contributed by atoms with Crippen LogP contribution in [0.5, 0.6) is 0 Å². The minimum absolute atomic E-state index is 0.179. The number of carbonyl (C=O) groups is 1. The number of rotatable bonds is 5. The minimum atomic E-state index is -3.57. The Labute approximate surface area is 147 Å². The van der Waals surface area contributed by atoms with Crippen molar-refractivity contribution in [3.05, 3.63) is 60.4 Å². The summed E-state index contributed by atoms with van der Waals surface area (Å²) in [5, 5.41) is 0. The van der Waals surface area contributed by atoms with E-state index in [0.29, 0.717) is 26.2 Å². The zero-order valence-corrected chi connectivity index (χ0v) is 14.5. The van der Waals surface area contributed by atoms with Gasteiger partial charge in [-0.25, -0.2) is 8.42 Å². The SMILES string of the molecule is NC(=O)C(c1ccccc1)N1CCN(S(=O)(=O)c2cccnc2)CC1. The van der Waals surface area contributed by atoms with E-state index in [1.807, 2.05) is 35.2 Å². The highest BCUT2D eigenvalue weighted by atomic mass is 32.2. The molecular formula is C17H20N4O3S. The summed E-state index contributed by atoms with van der Waals surface area (Å²) in [5.41, 5.74) is 6.41. The van der Waals surface area contributed by atoms with Gasteiger partial charge in [-0.05, 0) is 17.7 Å². The Bertz CT molecular complexity index is 819. The molecule has 25 heavy (non-hydrogen) atoms. The molecule has 0 saturated carbocycles. The lowest BCUT2D eigenvalue weighted by Crippen LogP contribution is -2.51. The van der Waals surface area contributed by atoms with Crippen molar-refractivity contribution in [1.82, 2.24) is 14.2 Å². The van der Waals surface area contributed by atoms with Crippen LogP contribution in [0.15, 0.2) is 59.8 Å². The number of amides is 1. The molecule has 1 aromatic carbocycles. The van der Waals surface area contributed by atoms with Crippen molar-refractivity contribution in [1.29, 1.82) is 0 Å². The molecule has 132 valence electrons. The number of benzene rings is 1. The molecule has 1 aromatic heterocycles. The molecule has 2 N–H and O–H groups in total. The van der Waals surface area contributed by atoms with Gasteiger partial charge in [-0.1, -0.05) is 30.3 Å². The summed E-state index contributed by atoms with van der Waals surface area (Å²) in [6.07, 6.45) is 2.88. The molecule has 0 aliphatic carbocycles. The van der Waals surface area contributed by atoms with Crippen LogP contribution in [0, 0.1) is 0 Å². The van der Waals surface area contributed by atoms with Crippen molar-refractivity contribution in [3.8, 4) is 0 Å². The molecule has 1 fully saturated rings. The number of nitrogens with zero attached hydrogens (tertiary/aromatic N) is 3. The molecule has 1 unspecified atom stereocenters. The standard InChI is InChI=1S/C17H20N4O3S/c18-17(22)16(14-5-2-1-3-6-14)20-9-11-21(12-10-20)25(23,24)15-7-4-8-19-13-15/h1-8,13,16H,9-12H2,(H2,18,22). The third-order valence-corrected chi connectivity index (χ3v) is 6.18. The largest absolute Gasteiger partial charge is 0.368 e. The zero-order chi connectivity index (χ0) is 17.9. The summed E-state index contributed by atoms with van der Waals surface area (Å²) >= 11 is 0. The van der Waals surface area contributed by atoms with Crippen molar-refractivity contribution in [3.63, 3.8) is 0 Å². The summed E-state index contributed by atoms with van der Waals surface area (Å²) in [5.74, 6) is -0.435. The van der Waals surface area contributed by atoms with Gasteiger partial charge in [0, 0.05) is 38.6 Å². The van der Waals surface area contributed by atoms with Crippen LogP contribution in [0.25, 0.3) is 0 Å². The Hall–Kier alpha value is -2.29. The van der Waals surface area contributed by atoms with Gasteiger partial charge in [0.1, 0.15) is 10.9 Å². The molecular weight excluding hydrogens is 340 g/mol. The number of aromatic nitrogens is 1. The summed E-state index contributed by atoms with van der Waals surface area (Å²) in [6.45, 7) is 1.46. The zero-order valence-electron chi connectivity index (χ0n) is 13.7. The summed E-state index contributed by atoms with van der Waals surface area (Å²) in [7, 11) is -3.57. The second-order valence-electron chi connectivity index (χ2n) is 5.84. The summed E-state index contributed by atoms with van der Waals surface area (Å²) < 4.78 is 26.7. The molecule has 1 aliphatic rings. The Kier molecular flexibility index (Phi) is 5.12. The Balaban J connectivity index is 1.74. The predicted molar refractivity (Wildman–Crippen MR) is 92.9 cm³/mol. The van der Waals surface area contributed by atoms with Gasteiger partial charge in [0.15, 0.2) is 0 Å². The van der Waals surface area contributed by atoms with Crippen LogP contribution in [0.4, 0.5) is 0 Å². The minimum Gasteiger partial charge on any atom is -0.368 e. The topological polar surface area (TPSA) is 96.6 Å². The van der Waals surface area contributed by atoms with E-state index in [4.69, 9.17) is 5.73 Å². The quantitative estimate of drug-likeness (QED) is 0.843. The van der Waals surface area contributed by atoms with E-state index in [1.54, 1.807) is 6.07 Å². The third-order valence-electron chi connectivity index (χ3n) is 4.30. The number of primary amides is 1. The summed E-state index contributed by atoms with van der Waals surface area (Å²) in [4.78, 5) is 17.9. The van der Waals surface area contributed by atoms with Gasteiger partial charge >= 0.3 is 0 Å². The molecule has 2 heterocycles. The third kappa shape index (κ3) is 3.71. The summed E-state index contributed by atoms with van der Waals surface area (Å²) in [6, 6.07) is 11.9. The van der Waals surface area contributed by atoms with Crippen LogP contribution in [0.2, 0.25) is 0 Å². The Morgan fingerprint density at radius 2 is 1.72 bits per heavy atom. The molecule has 0 spiro atoms. The molecule has 0 bridgehead atoms. The number of hydrogen-bond donors (Lipinski definition) is 1. The fourth-order valence-electron chi connectivity index (χ4n) is 3.04. The number of pyridine rings is 1. The van der Waals surface area contributed by atoms with Crippen LogP contribution in [0.3, 0.4) is 0 Å². The Morgan fingerprint density at radius 1 is 1.04 bits per heavy atom. The maximum absolute atomic E-state index is 12.6. The van der Waals surface area contributed by atoms with Gasteiger partial charge in [-0.3, -0.25) is 14.7 Å². The van der Waals surface area contributed by atoms with Crippen LogP contribution >= 0.6 is 0 Å². The lowest BCUT2D eigenvalue weighted by atomic mass is 10.0. The molecule has 3 rings (SSSR count). The van der Waals surface area contributed by atoms with Crippen LogP contribution in [-0.2, 0) is 14.8 Å². The maximum Gasteiger partial charge on any atom is 0.244 e. The van der Waals surface area contributed by atoms with Gasteiger partial charge in [-0.15, -0.1) is 0 Å². The van der Waals surface area contributed by atoms with E-state index < -0.39 is 22.0 Å². The van der Waals surface area contributed by atoms with Gasteiger partial charge in [0.25, 0.3) is 0 Å². The van der Waals surface area contributed by atoms with Crippen molar-refractivity contribution in [2.75, 3.05) is 26.2 Å². The number of nitrogens with two attached hydrogens (primary N) is 1. The predicted octanol–water partition coefficient (Wildman–Crippen LogP) is 0.615. The molecule has 7 nitrogen and oxygen atoms in total. The van der Waals surface area contributed by atoms with Crippen molar-refractivity contribution in [2.24, 2.45) is 5.73 Å². The molecule has 1 saturated heterocycles. The number of hydrogen-bond acceptors (Lipinski definition) is 5. The fourth-order valence-corrected chi connectivity index (χ4v) is 4.43. The van der Waals surface area contributed by atoms with Gasteiger partial charge < -0.3 is 5.73 Å². The van der Waals surface area contributed by atoms with Crippen LogP contribution < -0.4 is 5.73 Å². The molecule has 1 aliphatic heterocycles. The molecule has 8 heteroatoms. The Morgan fingerprint density at radius 3 is 2.28 bits per heavy atom. The van der Waals surface area contributed by atoms with E-state index >= 15 is 0 Å². The second-order valence-corrected chi connectivity index (χ2v) is 7.78. The molecule has 0 radical (unpaired) electrons. The second kappa shape index (κ2) is 7.30. The first-order valence-electron chi connectivity index (χ1n) is 7.98. The smallest absolute Gasteiger partial charge is 0.244 e. The first-order chi connectivity index (χ1) is 12.0. The molecule has 1 atom stereocenters. The average molecular weight is 360 g/mol. The molecule has 2 aromatic rings. The van der Waals surface area contributed by atoms with Crippen molar-refractivity contribution < 1.29 is 13.2 Å². The normalized spacial score (nSPS) is 17.9. The number of sulfonamides is 1. The highest BCUT2D eigenvalue weighted by molar-refractivity contribution is 7.89. The fraction of sp³-hybridized carbons (Fsp3) is 0.294. The average Bonchev–Trinajstić information content (AvgIpc) is 2.64. The van der Waals surface area contributed by atoms with E-state index in [0.717, 1.165) is 5.56 Å². The van der Waals surface area contributed by atoms with E-state index in [1.165, 1.54) is 22.8 Å². The highest BCUT2D eigenvalue weighted by Gasteiger charge is 2.33. The number of piperazine rings is 1. The van der Waals surface area contributed by atoms with Crippen molar-refractivity contribution >= 4 is 15.9 Å². The van der Waals surface area contributed by atoms with Gasteiger partial charge in [-0.2, -0.15) is 4.31 Å². The molecule has 1 amide bonds. The van der Waals surface area contributed by atoms with Gasteiger partial charge in [0.05, 0.1) is 0 Å². The van der Waals surface area contributed by atoms with E-state index in [-0.39, 0.29) is 4.90 Å². The first-order valence-corrected chi connectivity index (χ1v) is 9.42. The van der Waals surface area contributed by atoms with E-state index in [2.05, 4.69) is 4.98 Å². The van der Waals surface area contributed by atoms with E-state index in [9.17, 15) is 13.2 Å². The van der Waals surface area contributed by atoms with Crippen molar-refractivity contribution in [2.45, 2.75) is 10.9 Å². The monoisotopic (exact) mass is 360 g/mol. The highest BCUT2D eigenvalue weighted by Crippen LogP contribution is 2.24. The lowest BCUT2D eigenvalue weighted by Gasteiger charge is -2.37. The van der Waals surface area contributed by atoms with Crippen LogP contribution in [-0.4, -0.2) is 54.7 Å². The lowest BCUT2D eigenvalue weighted by molar-refractivity contribution is -0.124. The van der Waals surface area contributed by atoms with Crippen LogP contribution in [0.1, 0.15) is 11.6 Å². The first kappa shape index (κ1) is 17.5.